The fourth-order valence-corrected chi connectivity index (χ4v) is 0.331. The van der Waals surface area contributed by atoms with Gasteiger partial charge >= 0.3 is 0 Å². The van der Waals surface area contributed by atoms with E-state index in [4.69, 9.17) is 0 Å². The van der Waals surface area contributed by atoms with Crippen LogP contribution in [0.3, 0.4) is 0 Å². The van der Waals surface area contributed by atoms with Crippen molar-refractivity contribution in [3.05, 3.63) is 24.4 Å². The molecule has 0 aromatic heterocycles. The van der Waals surface area contributed by atoms with Crippen molar-refractivity contribution in [3.63, 3.8) is 0 Å². The number of carbonyl (C=O) groups excluding carboxylic acids is 1. The zero-order chi connectivity index (χ0) is 7.11. The van der Waals surface area contributed by atoms with E-state index in [1.807, 2.05) is 25.2 Å². The molecule has 0 unspecified atom stereocenters. The van der Waals surface area contributed by atoms with Gasteiger partial charge in [0, 0.05) is 14.1 Å². The maximum absolute atomic E-state index is 9.72. The van der Waals surface area contributed by atoms with E-state index in [1.54, 1.807) is 12.2 Å². The molecule has 0 atom stereocenters. The Hall–Kier alpha value is -1.05. The molecule has 0 aliphatic heterocycles. The van der Waals surface area contributed by atoms with Gasteiger partial charge in [0.05, 0.1) is 0 Å². The average molecular weight is 125 g/mol. The smallest absolute Gasteiger partial charge is 0.142 e. The second kappa shape index (κ2) is 5.09. The van der Waals surface area contributed by atoms with Gasteiger partial charge in [0.25, 0.3) is 0 Å². The normalized spacial score (nSPS) is 10.9. The van der Waals surface area contributed by atoms with Crippen LogP contribution < -0.4 is 0 Å². The summed E-state index contributed by atoms with van der Waals surface area (Å²) in [5, 5.41) is 0. The van der Waals surface area contributed by atoms with Crippen LogP contribution in [0.25, 0.3) is 0 Å². The van der Waals surface area contributed by atoms with Crippen LogP contribution in [0.15, 0.2) is 24.4 Å². The highest BCUT2D eigenvalue weighted by Crippen LogP contribution is 1.77. The van der Waals surface area contributed by atoms with Gasteiger partial charge in [0.2, 0.25) is 0 Å². The molecule has 2 heteroatoms. The lowest BCUT2D eigenvalue weighted by atomic mass is 10.5. The standard InChI is InChI=1S/C7H11NO/c1-8(2)6-4-3-5-7-9/h3-7H,1-2H3/b5-3+,6-4-. The highest BCUT2D eigenvalue weighted by atomic mass is 16.1. The molecule has 0 spiro atoms. The molecule has 0 saturated heterocycles. The maximum Gasteiger partial charge on any atom is 0.142 e. The van der Waals surface area contributed by atoms with Crippen LogP contribution in [-0.2, 0) is 4.79 Å². The summed E-state index contributed by atoms with van der Waals surface area (Å²) < 4.78 is 0. The summed E-state index contributed by atoms with van der Waals surface area (Å²) >= 11 is 0. The van der Waals surface area contributed by atoms with Crippen molar-refractivity contribution in [2.24, 2.45) is 0 Å². The van der Waals surface area contributed by atoms with Crippen molar-refractivity contribution in [2.45, 2.75) is 0 Å². The molecule has 0 N–H and O–H groups in total. The predicted octanol–water partition coefficient (Wildman–Crippen LogP) is 0.817. The molecule has 9 heavy (non-hydrogen) atoms. The lowest BCUT2D eigenvalue weighted by molar-refractivity contribution is -0.104. The SMILES string of the molecule is CN(C)/C=C\C=C\C=O. The van der Waals surface area contributed by atoms with Crippen molar-refractivity contribution in [2.75, 3.05) is 14.1 Å². The molecule has 50 valence electrons. The van der Waals surface area contributed by atoms with Crippen LogP contribution in [0.1, 0.15) is 0 Å². The molecule has 0 bridgehead atoms. The molecule has 0 aliphatic rings. The number of hydrogen-bond acceptors (Lipinski definition) is 2. The van der Waals surface area contributed by atoms with Gasteiger partial charge in [0.15, 0.2) is 0 Å². The number of aldehydes is 1. The van der Waals surface area contributed by atoms with E-state index in [0.717, 1.165) is 6.29 Å². The lowest BCUT2D eigenvalue weighted by Crippen LogP contribution is -1.99. The third-order valence-corrected chi connectivity index (χ3v) is 0.685. The van der Waals surface area contributed by atoms with E-state index in [9.17, 15) is 4.79 Å². The molecule has 0 radical (unpaired) electrons. The van der Waals surface area contributed by atoms with Gasteiger partial charge < -0.3 is 4.90 Å². The summed E-state index contributed by atoms with van der Waals surface area (Å²) in [6, 6.07) is 0. The van der Waals surface area contributed by atoms with E-state index in [1.165, 1.54) is 6.08 Å². The van der Waals surface area contributed by atoms with E-state index < -0.39 is 0 Å². The molecule has 0 aliphatic carbocycles. The molecule has 2 nitrogen and oxygen atoms in total. The van der Waals surface area contributed by atoms with E-state index in [-0.39, 0.29) is 0 Å². The Labute approximate surface area is 55.5 Å². The molecule has 0 fully saturated rings. The van der Waals surface area contributed by atoms with Crippen LogP contribution >= 0.6 is 0 Å². The number of rotatable bonds is 3. The Morgan fingerprint density at radius 2 is 1.78 bits per heavy atom. The van der Waals surface area contributed by atoms with Crippen molar-refractivity contribution >= 4 is 6.29 Å². The van der Waals surface area contributed by atoms with E-state index in [2.05, 4.69) is 0 Å². The summed E-state index contributed by atoms with van der Waals surface area (Å²) in [4.78, 5) is 11.6. The van der Waals surface area contributed by atoms with Crippen LogP contribution in [-0.4, -0.2) is 25.3 Å². The monoisotopic (exact) mass is 125 g/mol. The Morgan fingerprint density at radius 1 is 1.11 bits per heavy atom. The molecular formula is C7H11NO. The number of hydrogen-bond donors (Lipinski definition) is 0. The van der Waals surface area contributed by atoms with Gasteiger partial charge in [0.1, 0.15) is 6.29 Å². The Balaban J connectivity index is 3.46. The van der Waals surface area contributed by atoms with Crippen molar-refractivity contribution < 1.29 is 4.79 Å². The minimum Gasteiger partial charge on any atom is -0.383 e. The quantitative estimate of drug-likeness (QED) is 0.316. The van der Waals surface area contributed by atoms with Crippen molar-refractivity contribution in [1.82, 2.24) is 4.90 Å². The molecule has 0 rings (SSSR count). The summed E-state index contributed by atoms with van der Waals surface area (Å²) in [5.41, 5.74) is 0. The second-order valence-electron chi connectivity index (χ2n) is 1.83. The Bertz CT molecular complexity index is 125. The molecule has 0 heterocycles. The minimum atomic E-state index is 0.750. The Kier molecular flexibility index (Phi) is 4.50. The van der Waals surface area contributed by atoms with Gasteiger partial charge in [-0.3, -0.25) is 4.79 Å². The summed E-state index contributed by atoms with van der Waals surface area (Å²) in [7, 11) is 3.84. The first-order valence-corrected chi connectivity index (χ1v) is 2.72. The van der Waals surface area contributed by atoms with Crippen molar-refractivity contribution in [3.8, 4) is 0 Å². The third-order valence-electron chi connectivity index (χ3n) is 0.685. The van der Waals surface area contributed by atoms with Crippen molar-refractivity contribution in [1.29, 1.82) is 0 Å². The van der Waals surface area contributed by atoms with Gasteiger partial charge in [-0.05, 0) is 18.4 Å². The topological polar surface area (TPSA) is 20.3 Å². The van der Waals surface area contributed by atoms with Gasteiger partial charge in [-0.2, -0.15) is 0 Å². The summed E-state index contributed by atoms with van der Waals surface area (Å²) in [6.45, 7) is 0. The molecular weight excluding hydrogens is 114 g/mol. The zero-order valence-electron chi connectivity index (χ0n) is 5.74. The molecule has 0 aromatic rings. The average Bonchev–Trinajstić information content (AvgIpc) is 1.80. The third kappa shape index (κ3) is 6.95. The first kappa shape index (κ1) is 7.95. The highest BCUT2D eigenvalue weighted by Gasteiger charge is 1.69. The first-order valence-electron chi connectivity index (χ1n) is 2.72. The highest BCUT2D eigenvalue weighted by molar-refractivity contribution is 5.65. The van der Waals surface area contributed by atoms with Gasteiger partial charge in [-0.1, -0.05) is 6.08 Å². The van der Waals surface area contributed by atoms with Crippen LogP contribution in [0.2, 0.25) is 0 Å². The molecule has 0 saturated carbocycles. The predicted molar refractivity (Wildman–Crippen MR) is 38.0 cm³/mol. The van der Waals surface area contributed by atoms with E-state index in [0.29, 0.717) is 0 Å². The van der Waals surface area contributed by atoms with Crippen LogP contribution in [0, 0.1) is 0 Å². The van der Waals surface area contributed by atoms with Crippen LogP contribution in [0.4, 0.5) is 0 Å². The van der Waals surface area contributed by atoms with Gasteiger partial charge in [-0.25, -0.2) is 0 Å². The molecule has 0 aromatic carbocycles. The second-order valence-corrected chi connectivity index (χ2v) is 1.83. The number of nitrogens with zero attached hydrogens (tertiary/aromatic N) is 1. The van der Waals surface area contributed by atoms with E-state index >= 15 is 0 Å². The number of carbonyl (C=O) groups is 1. The summed E-state index contributed by atoms with van der Waals surface area (Å²) in [6.07, 6.45) is 7.54. The lowest BCUT2D eigenvalue weighted by Gasteiger charge is -2.00. The van der Waals surface area contributed by atoms with Gasteiger partial charge in [-0.15, -0.1) is 0 Å². The van der Waals surface area contributed by atoms with Crippen LogP contribution in [0.5, 0.6) is 0 Å². The Morgan fingerprint density at radius 3 is 2.22 bits per heavy atom. The largest absolute Gasteiger partial charge is 0.383 e. The zero-order valence-corrected chi connectivity index (χ0v) is 5.74. The molecule has 0 amide bonds. The fraction of sp³-hybridized carbons (Fsp3) is 0.286. The summed E-state index contributed by atoms with van der Waals surface area (Å²) in [5.74, 6) is 0. The first-order chi connectivity index (χ1) is 4.27. The fourth-order valence-electron chi connectivity index (χ4n) is 0.331. The number of allylic oxidation sites excluding steroid dienone is 3. The maximum atomic E-state index is 9.72. The minimum absolute atomic E-state index is 0.750.